The van der Waals surface area contributed by atoms with E-state index >= 15 is 0 Å². The fraction of sp³-hybridized carbons (Fsp3) is 0.273. The van der Waals surface area contributed by atoms with E-state index in [0.717, 1.165) is 12.8 Å². The van der Waals surface area contributed by atoms with E-state index in [-0.39, 0.29) is 0 Å². The van der Waals surface area contributed by atoms with Crippen LogP contribution in [0, 0.1) is 0 Å². The van der Waals surface area contributed by atoms with Crippen LogP contribution in [0.25, 0.3) is 9.45 Å². The van der Waals surface area contributed by atoms with Crippen LogP contribution in [0.4, 0.5) is 0 Å². The first-order valence-electron chi connectivity index (χ1n) is 4.53. The maximum atomic E-state index is 11.7. The number of hydrogen-bond acceptors (Lipinski definition) is 1. The van der Waals surface area contributed by atoms with Gasteiger partial charge in [-0.3, -0.25) is 0 Å². The van der Waals surface area contributed by atoms with Gasteiger partial charge in [0, 0.05) is 0 Å². The van der Waals surface area contributed by atoms with Crippen molar-refractivity contribution < 1.29 is 3.83 Å². The van der Waals surface area contributed by atoms with Crippen molar-refractivity contribution in [3.05, 3.63) is 34.7 Å². The minimum atomic E-state index is -1.80. The fourth-order valence-corrected chi connectivity index (χ4v) is 4.52. The first-order chi connectivity index (χ1) is 6.33. The molecule has 1 aliphatic rings. The average molecular weight is 239 g/mol. The first kappa shape index (κ1) is 8.86. The molecule has 0 radical (unpaired) electrons. The van der Waals surface area contributed by atoms with Crippen LogP contribution in [0.2, 0.25) is 0 Å². The molecule has 1 atom stereocenters. The topological polar surface area (TPSA) is 17.1 Å². The van der Waals surface area contributed by atoms with Gasteiger partial charge in [-0.15, -0.1) is 0 Å². The van der Waals surface area contributed by atoms with Crippen molar-refractivity contribution >= 4 is 23.3 Å². The maximum absolute atomic E-state index is 11.7. The molecule has 1 aromatic carbocycles. The molecule has 0 aromatic heterocycles. The van der Waals surface area contributed by atoms with Crippen LogP contribution in [0.1, 0.15) is 19.8 Å². The van der Waals surface area contributed by atoms with Crippen LogP contribution in [0.15, 0.2) is 24.3 Å². The zero-order valence-electron chi connectivity index (χ0n) is 7.62. The molecule has 0 N–H and O–H groups in total. The second-order valence-corrected chi connectivity index (χ2v) is 5.95. The molecular weight excluding hydrogens is 227 g/mol. The SMILES string of the molecule is CCCC1=c2ccccc2=C[Se]1=O. The fourth-order valence-electron chi connectivity index (χ4n) is 1.61. The van der Waals surface area contributed by atoms with E-state index in [4.69, 9.17) is 0 Å². The Labute approximate surface area is 81.9 Å². The van der Waals surface area contributed by atoms with E-state index in [9.17, 15) is 3.83 Å². The Morgan fingerprint density at radius 1 is 1.31 bits per heavy atom. The van der Waals surface area contributed by atoms with E-state index in [1.54, 1.807) is 0 Å². The van der Waals surface area contributed by atoms with Gasteiger partial charge >= 0.3 is 81.6 Å². The first-order valence-corrected chi connectivity index (χ1v) is 7.08. The third-order valence-electron chi connectivity index (χ3n) is 2.22. The number of rotatable bonds is 2. The quantitative estimate of drug-likeness (QED) is 0.702. The van der Waals surface area contributed by atoms with E-state index in [0.29, 0.717) is 0 Å². The van der Waals surface area contributed by atoms with Crippen molar-refractivity contribution in [3.8, 4) is 0 Å². The number of benzene rings is 1. The Bertz CT molecular complexity index is 459. The van der Waals surface area contributed by atoms with Crippen molar-refractivity contribution in [2.45, 2.75) is 19.8 Å². The summed E-state index contributed by atoms with van der Waals surface area (Å²) in [7, 11) is 0. The molecule has 2 rings (SSSR count). The van der Waals surface area contributed by atoms with E-state index in [1.807, 2.05) is 23.2 Å². The van der Waals surface area contributed by atoms with E-state index < -0.39 is 13.8 Å². The summed E-state index contributed by atoms with van der Waals surface area (Å²) < 4.78 is 12.9. The van der Waals surface area contributed by atoms with Gasteiger partial charge in [-0.05, 0) is 0 Å². The summed E-state index contributed by atoms with van der Waals surface area (Å²) in [5.74, 6) is 0. The molecule has 13 heavy (non-hydrogen) atoms. The van der Waals surface area contributed by atoms with Crippen molar-refractivity contribution in [3.63, 3.8) is 0 Å². The molecule has 1 aromatic rings. The molecule has 1 nitrogen and oxygen atoms in total. The molecule has 1 unspecified atom stereocenters. The Balaban J connectivity index is 2.69. The molecule has 0 spiro atoms. The summed E-state index contributed by atoms with van der Waals surface area (Å²) in [4.78, 5) is 1.94. The van der Waals surface area contributed by atoms with Gasteiger partial charge in [0.1, 0.15) is 0 Å². The van der Waals surface area contributed by atoms with Crippen LogP contribution in [-0.2, 0) is 3.83 Å². The van der Waals surface area contributed by atoms with Crippen molar-refractivity contribution in [2.75, 3.05) is 0 Å². The molecular formula is C11H12OSe. The van der Waals surface area contributed by atoms with E-state index in [1.165, 1.54) is 14.9 Å². The Kier molecular flexibility index (Phi) is 2.43. The van der Waals surface area contributed by atoms with Gasteiger partial charge in [-0.2, -0.15) is 0 Å². The Morgan fingerprint density at radius 3 is 2.85 bits per heavy atom. The van der Waals surface area contributed by atoms with Crippen molar-refractivity contribution in [2.24, 2.45) is 0 Å². The van der Waals surface area contributed by atoms with Crippen LogP contribution in [0.5, 0.6) is 0 Å². The molecule has 1 heterocycles. The van der Waals surface area contributed by atoms with Gasteiger partial charge in [0.2, 0.25) is 0 Å². The van der Waals surface area contributed by atoms with Gasteiger partial charge < -0.3 is 0 Å². The molecule has 2 heteroatoms. The van der Waals surface area contributed by atoms with Gasteiger partial charge in [-0.25, -0.2) is 0 Å². The second kappa shape index (κ2) is 3.57. The molecule has 0 fully saturated rings. The molecule has 0 saturated carbocycles. The van der Waals surface area contributed by atoms with Crippen LogP contribution in [-0.4, -0.2) is 13.8 Å². The second-order valence-electron chi connectivity index (χ2n) is 3.18. The molecule has 0 saturated heterocycles. The van der Waals surface area contributed by atoms with Gasteiger partial charge in [0.25, 0.3) is 0 Å². The predicted octanol–water partition coefficient (Wildman–Crippen LogP) is 0.932. The third-order valence-corrected chi connectivity index (χ3v) is 5.11. The minimum absolute atomic E-state index is 0.988. The molecule has 0 bridgehead atoms. The molecule has 68 valence electrons. The number of fused-ring (bicyclic) bond motifs is 1. The Hall–Kier alpha value is -0.721. The summed E-state index contributed by atoms with van der Waals surface area (Å²) in [6.45, 7) is 2.13. The van der Waals surface area contributed by atoms with Gasteiger partial charge in [0.15, 0.2) is 0 Å². The predicted molar refractivity (Wildman–Crippen MR) is 54.9 cm³/mol. The van der Waals surface area contributed by atoms with Crippen LogP contribution in [0.3, 0.4) is 0 Å². The molecule has 1 aliphatic heterocycles. The summed E-state index contributed by atoms with van der Waals surface area (Å²) >= 11 is -1.80. The van der Waals surface area contributed by atoms with Gasteiger partial charge in [-0.1, -0.05) is 0 Å². The summed E-state index contributed by atoms with van der Waals surface area (Å²) in [6.07, 6.45) is 2.07. The van der Waals surface area contributed by atoms with Crippen LogP contribution < -0.4 is 10.4 Å². The average Bonchev–Trinajstić information content (AvgIpc) is 2.44. The molecule has 0 amide bonds. The summed E-state index contributed by atoms with van der Waals surface area (Å²) in [6, 6.07) is 8.15. The van der Waals surface area contributed by atoms with Crippen molar-refractivity contribution in [1.29, 1.82) is 0 Å². The molecule has 0 aliphatic carbocycles. The zero-order chi connectivity index (χ0) is 9.26. The normalized spacial score (nSPS) is 19.8. The Morgan fingerprint density at radius 2 is 2.08 bits per heavy atom. The van der Waals surface area contributed by atoms with Crippen LogP contribution >= 0.6 is 0 Å². The number of hydrogen-bond donors (Lipinski definition) is 0. The zero-order valence-corrected chi connectivity index (χ0v) is 9.33. The van der Waals surface area contributed by atoms with Gasteiger partial charge in [0.05, 0.1) is 0 Å². The standard InChI is InChI=1S/C11H12OSe/c1-2-5-11-10-7-4-3-6-9(10)8-13(11)12/h3-4,6-8H,2,5H2,1H3. The summed E-state index contributed by atoms with van der Waals surface area (Å²) in [5, 5.41) is 2.40. The van der Waals surface area contributed by atoms with E-state index in [2.05, 4.69) is 13.0 Å². The summed E-state index contributed by atoms with van der Waals surface area (Å²) in [5.41, 5.74) is 0. The third kappa shape index (κ3) is 1.52. The van der Waals surface area contributed by atoms with Crippen molar-refractivity contribution in [1.82, 2.24) is 0 Å². The monoisotopic (exact) mass is 240 g/mol.